The third kappa shape index (κ3) is 3.77. The Balaban J connectivity index is 2.76. The number of aliphatic carboxylic acids is 1. The number of rotatable bonds is 5. The average Bonchev–Trinajstić information content (AvgIpc) is 2.29. The highest BCUT2D eigenvalue weighted by Gasteiger charge is 2.29. The molecule has 0 bridgehead atoms. The van der Waals surface area contributed by atoms with E-state index in [-0.39, 0.29) is 5.91 Å². The second kappa shape index (κ2) is 5.91. The van der Waals surface area contributed by atoms with E-state index >= 15 is 0 Å². The van der Waals surface area contributed by atoms with Crippen molar-refractivity contribution in [1.82, 2.24) is 5.32 Å². The first-order chi connectivity index (χ1) is 8.36. The van der Waals surface area contributed by atoms with Gasteiger partial charge in [-0.1, -0.05) is 12.1 Å². The van der Waals surface area contributed by atoms with E-state index < -0.39 is 11.5 Å². The second-order valence-electron chi connectivity index (χ2n) is 4.51. The number of thioether (sulfide) groups is 1. The third-order valence-corrected chi connectivity index (χ3v) is 3.11. The molecule has 4 nitrogen and oxygen atoms in total. The number of amides is 1. The molecular formula is C13H17NO3S. The predicted molar refractivity (Wildman–Crippen MR) is 72.8 cm³/mol. The zero-order chi connectivity index (χ0) is 13.8. The van der Waals surface area contributed by atoms with Gasteiger partial charge in [0.1, 0.15) is 5.54 Å². The topological polar surface area (TPSA) is 66.4 Å². The highest BCUT2D eigenvalue weighted by atomic mass is 32.2. The minimum absolute atomic E-state index is 0.377. The third-order valence-electron chi connectivity index (χ3n) is 2.49. The summed E-state index contributed by atoms with van der Waals surface area (Å²) in [5, 5.41) is 11.4. The largest absolute Gasteiger partial charge is 0.480 e. The summed E-state index contributed by atoms with van der Waals surface area (Å²) in [6.07, 6.45) is 2.01. The number of carbonyl (C=O) groups is 2. The van der Waals surface area contributed by atoms with Crippen molar-refractivity contribution in [3.8, 4) is 0 Å². The maximum absolute atomic E-state index is 11.9. The monoisotopic (exact) mass is 267 g/mol. The summed E-state index contributed by atoms with van der Waals surface area (Å²) in [5.41, 5.74) is 0.334. The number of hydrogen-bond acceptors (Lipinski definition) is 3. The molecule has 2 N–H and O–H groups in total. The summed E-state index contributed by atoms with van der Waals surface area (Å²) in [6.45, 7) is 2.91. The number of carboxylic acids is 1. The lowest BCUT2D eigenvalue weighted by atomic mass is 10.0. The fourth-order valence-electron chi connectivity index (χ4n) is 1.33. The van der Waals surface area contributed by atoms with Crippen LogP contribution in [0, 0.1) is 0 Å². The lowest BCUT2D eigenvalue weighted by molar-refractivity contribution is -0.143. The molecule has 0 unspecified atom stereocenters. The molecule has 0 aliphatic carbocycles. The smallest absolute Gasteiger partial charge is 0.328 e. The fraction of sp³-hybridized carbons (Fsp3) is 0.385. The number of hydrogen-bond donors (Lipinski definition) is 2. The maximum atomic E-state index is 11.9. The van der Waals surface area contributed by atoms with E-state index in [0.29, 0.717) is 5.56 Å². The molecule has 0 aliphatic rings. The van der Waals surface area contributed by atoms with Gasteiger partial charge < -0.3 is 10.4 Å². The molecule has 5 heteroatoms. The van der Waals surface area contributed by atoms with Crippen LogP contribution in [-0.4, -0.2) is 28.8 Å². The Hall–Kier alpha value is -1.49. The van der Waals surface area contributed by atoms with Crippen LogP contribution >= 0.6 is 11.8 Å². The molecule has 98 valence electrons. The first kappa shape index (κ1) is 14.6. The molecular weight excluding hydrogens is 250 g/mol. The Morgan fingerprint density at radius 1 is 1.28 bits per heavy atom. The highest BCUT2D eigenvalue weighted by Crippen LogP contribution is 2.11. The molecule has 0 atom stereocenters. The Labute approximate surface area is 111 Å². The van der Waals surface area contributed by atoms with Crippen molar-refractivity contribution in [3.05, 3.63) is 35.4 Å². The van der Waals surface area contributed by atoms with Crippen LogP contribution in [0.15, 0.2) is 24.3 Å². The minimum atomic E-state index is -1.27. The van der Waals surface area contributed by atoms with Crippen LogP contribution < -0.4 is 5.32 Å². The number of carbonyl (C=O) groups excluding carboxylic acids is 1. The Bertz CT molecular complexity index is 440. The molecule has 0 radical (unpaired) electrons. The first-order valence-electron chi connectivity index (χ1n) is 5.50. The molecule has 1 aromatic rings. The van der Waals surface area contributed by atoms with Crippen molar-refractivity contribution >= 4 is 23.6 Å². The van der Waals surface area contributed by atoms with Gasteiger partial charge in [-0.05, 0) is 37.8 Å². The van der Waals surface area contributed by atoms with Crippen LogP contribution in [0.5, 0.6) is 0 Å². The standard InChI is InChI=1S/C13H17NO3S/c1-13(2,12(16)17)14-11(15)10-6-4-9(5-7-10)8-18-3/h4-7H,8H2,1-3H3,(H,14,15)(H,16,17). The van der Waals surface area contributed by atoms with Gasteiger partial charge in [-0.2, -0.15) is 11.8 Å². The van der Waals surface area contributed by atoms with Gasteiger partial charge in [0.05, 0.1) is 0 Å². The zero-order valence-electron chi connectivity index (χ0n) is 10.7. The van der Waals surface area contributed by atoms with Crippen molar-refractivity contribution in [2.45, 2.75) is 25.1 Å². The fourth-order valence-corrected chi connectivity index (χ4v) is 1.85. The summed E-state index contributed by atoms with van der Waals surface area (Å²) in [6, 6.07) is 7.16. The van der Waals surface area contributed by atoms with Gasteiger partial charge in [-0.25, -0.2) is 4.79 Å². The first-order valence-corrected chi connectivity index (χ1v) is 6.90. The summed E-state index contributed by atoms with van der Waals surface area (Å²) in [5.74, 6) is -0.546. The number of nitrogens with one attached hydrogen (secondary N) is 1. The Kier molecular flexibility index (Phi) is 4.78. The lowest BCUT2D eigenvalue weighted by Gasteiger charge is -2.20. The van der Waals surface area contributed by atoms with Crippen LogP contribution in [0.25, 0.3) is 0 Å². The second-order valence-corrected chi connectivity index (χ2v) is 5.38. The summed E-state index contributed by atoms with van der Waals surface area (Å²) < 4.78 is 0. The highest BCUT2D eigenvalue weighted by molar-refractivity contribution is 7.97. The molecule has 0 heterocycles. The predicted octanol–water partition coefficient (Wildman–Crippen LogP) is 2.14. The molecule has 0 saturated heterocycles. The van der Waals surface area contributed by atoms with E-state index in [0.717, 1.165) is 11.3 Å². The van der Waals surface area contributed by atoms with Crippen LogP contribution in [0.2, 0.25) is 0 Å². The van der Waals surface area contributed by atoms with Gasteiger partial charge in [-0.15, -0.1) is 0 Å². The molecule has 0 aliphatic heterocycles. The van der Waals surface area contributed by atoms with E-state index in [9.17, 15) is 9.59 Å². The van der Waals surface area contributed by atoms with Crippen molar-refractivity contribution in [1.29, 1.82) is 0 Å². The Morgan fingerprint density at radius 3 is 2.28 bits per heavy atom. The van der Waals surface area contributed by atoms with Gasteiger partial charge in [0, 0.05) is 11.3 Å². The van der Waals surface area contributed by atoms with Crippen LogP contribution in [0.1, 0.15) is 29.8 Å². The van der Waals surface area contributed by atoms with Crippen molar-refractivity contribution in [2.75, 3.05) is 6.26 Å². The molecule has 18 heavy (non-hydrogen) atoms. The molecule has 1 amide bonds. The van der Waals surface area contributed by atoms with E-state index in [4.69, 9.17) is 5.11 Å². The molecule has 1 rings (SSSR count). The quantitative estimate of drug-likeness (QED) is 0.857. The number of benzene rings is 1. The SMILES string of the molecule is CSCc1ccc(C(=O)NC(C)(C)C(=O)O)cc1. The lowest BCUT2D eigenvalue weighted by Crippen LogP contribution is -2.49. The maximum Gasteiger partial charge on any atom is 0.328 e. The van der Waals surface area contributed by atoms with E-state index in [1.807, 2.05) is 18.4 Å². The molecule has 0 spiro atoms. The normalized spacial score (nSPS) is 11.1. The van der Waals surface area contributed by atoms with Crippen LogP contribution in [-0.2, 0) is 10.5 Å². The van der Waals surface area contributed by atoms with Crippen LogP contribution in [0.4, 0.5) is 0 Å². The van der Waals surface area contributed by atoms with Gasteiger partial charge >= 0.3 is 5.97 Å². The van der Waals surface area contributed by atoms with Crippen LogP contribution in [0.3, 0.4) is 0 Å². The molecule has 0 saturated carbocycles. The Morgan fingerprint density at radius 2 is 1.83 bits per heavy atom. The van der Waals surface area contributed by atoms with Crippen molar-refractivity contribution in [3.63, 3.8) is 0 Å². The zero-order valence-corrected chi connectivity index (χ0v) is 11.5. The summed E-state index contributed by atoms with van der Waals surface area (Å²) >= 11 is 1.70. The molecule has 1 aromatic carbocycles. The molecule has 0 fully saturated rings. The molecule has 0 aromatic heterocycles. The van der Waals surface area contributed by atoms with Crippen molar-refractivity contribution in [2.24, 2.45) is 0 Å². The minimum Gasteiger partial charge on any atom is -0.480 e. The summed E-state index contributed by atoms with van der Waals surface area (Å²) in [4.78, 5) is 22.8. The van der Waals surface area contributed by atoms with E-state index in [1.165, 1.54) is 13.8 Å². The van der Waals surface area contributed by atoms with Gasteiger partial charge in [0.15, 0.2) is 0 Å². The van der Waals surface area contributed by atoms with Crippen molar-refractivity contribution < 1.29 is 14.7 Å². The van der Waals surface area contributed by atoms with E-state index in [2.05, 4.69) is 5.32 Å². The van der Waals surface area contributed by atoms with E-state index in [1.54, 1.807) is 23.9 Å². The van der Waals surface area contributed by atoms with Gasteiger partial charge in [0.25, 0.3) is 5.91 Å². The van der Waals surface area contributed by atoms with Gasteiger partial charge in [0.2, 0.25) is 0 Å². The summed E-state index contributed by atoms with van der Waals surface area (Å²) in [7, 11) is 0. The number of carboxylic acid groups (broad SMARTS) is 1. The van der Waals surface area contributed by atoms with Gasteiger partial charge in [-0.3, -0.25) is 4.79 Å². The average molecular weight is 267 g/mol.